The molecule has 0 fully saturated rings. The van der Waals surface area contributed by atoms with E-state index in [1.807, 2.05) is 43.3 Å². The van der Waals surface area contributed by atoms with Crippen molar-refractivity contribution in [2.75, 3.05) is 6.61 Å². The molecule has 0 saturated heterocycles. The van der Waals surface area contributed by atoms with Crippen molar-refractivity contribution in [3.63, 3.8) is 0 Å². The number of benzene rings is 2. The number of aromatic nitrogens is 2. The topological polar surface area (TPSA) is 67.0 Å². The van der Waals surface area contributed by atoms with Gasteiger partial charge in [-0.05, 0) is 36.2 Å². The van der Waals surface area contributed by atoms with Gasteiger partial charge < -0.3 is 15.0 Å². The average Bonchev–Trinajstić information content (AvgIpc) is 3.16. The number of hydrogen-bond donors (Lipinski definition) is 2. The van der Waals surface area contributed by atoms with E-state index in [-0.39, 0.29) is 18.6 Å². The largest absolute Gasteiger partial charge is 0.484 e. The van der Waals surface area contributed by atoms with Crippen LogP contribution in [0.1, 0.15) is 23.0 Å². The second kappa shape index (κ2) is 8.54. The summed E-state index contributed by atoms with van der Waals surface area (Å²) in [6.07, 6.45) is 4.04. The predicted octanol–water partition coefficient (Wildman–Crippen LogP) is 3.85. The fourth-order valence-corrected chi connectivity index (χ4v) is 2.75. The first-order valence-electron chi connectivity index (χ1n) is 8.33. The Bertz CT molecular complexity index is 851. The highest BCUT2D eigenvalue weighted by Crippen LogP contribution is 2.21. The summed E-state index contributed by atoms with van der Waals surface area (Å²) in [5.74, 6) is 1.23. The number of H-pyrrole nitrogens is 1. The Morgan fingerprint density at radius 3 is 2.77 bits per heavy atom. The van der Waals surface area contributed by atoms with E-state index in [0.29, 0.717) is 17.2 Å². The molecular weight excluding hydrogens is 350 g/mol. The third-order valence-corrected chi connectivity index (χ3v) is 4.41. The second-order valence-corrected chi connectivity index (χ2v) is 6.38. The van der Waals surface area contributed by atoms with E-state index in [1.165, 1.54) is 0 Å². The molecule has 0 saturated carbocycles. The van der Waals surface area contributed by atoms with Crippen molar-refractivity contribution in [2.24, 2.45) is 0 Å². The van der Waals surface area contributed by atoms with E-state index in [9.17, 15) is 4.79 Å². The van der Waals surface area contributed by atoms with E-state index in [4.69, 9.17) is 16.3 Å². The molecule has 1 amide bonds. The quantitative estimate of drug-likeness (QED) is 0.664. The summed E-state index contributed by atoms with van der Waals surface area (Å²) < 4.78 is 5.58. The lowest BCUT2D eigenvalue weighted by Gasteiger charge is -2.18. The van der Waals surface area contributed by atoms with E-state index in [2.05, 4.69) is 15.3 Å². The maximum atomic E-state index is 12.4. The molecule has 0 bridgehead atoms. The van der Waals surface area contributed by atoms with E-state index >= 15 is 0 Å². The summed E-state index contributed by atoms with van der Waals surface area (Å²) in [6, 6.07) is 14.9. The normalized spacial score (nSPS) is 11.8. The molecule has 2 aromatic carbocycles. The number of carbonyl (C=O) groups excluding carboxylic acids is 1. The maximum absolute atomic E-state index is 12.4. The van der Waals surface area contributed by atoms with Gasteiger partial charge in [0.05, 0.1) is 6.04 Å². The van der Waals surface area contributed by atoms with E-state index in [0.717, 1.165) is 17.0 Å². The molecule has 1 aromatic heterocycles. The Kier molecular flexibility index (Phi) is 5.92. The van der Waals surface area contributed by atoms with Gasteiger partial charge in [0.15, 0.2) is 6.61 Å². The summed E-state index contributed by atoms with van der Waals surface area (Å²) in [4.78, 5) is 19.7. The molecule has 1 atom stereocenters. The molecule has 1 heterocycles. The molecule has 0 spiro atoms. The highest BCUT2D eigenvalue weighted by atomic mass is 35.5. The van der Waals surface area contributed by atoms with Crippen molar-refractivity contribution in [3.05, 3.63) is 82.9 Å². The fraction of sp³-hybridized carbons (Fsp3) is 0.200. The van der Waals surface area contributed by atoms with Crippen molar-refractivity contribution in [3.8, 4) is 5.75 Å². The lowest BCUT2D eigenvalue weighted by Crippen LogP contribution is -2.34. The molecule has 1 unspecified atom stereocenters. The monoisotopic (exact) mass is 369 g/mol. The van der Waals surface area contributed by atoms with Crippen LogP contribution in [-0.4, -0.2) is 22.5 Å². The number of aryl methyl sites for hydroxylation is 1. The minimum absolute atomic E-state index is 0.0669. The minimum Gasteiger partial charge on any atom is -0.484 e. The number of amides is 1. The zero-order valence-corrected chi connectivity index (χ0v) is 15.2. The first-order valence-corrected chi connectivity index (χ1v) is 8.71. The van der Waals surface area contributed by atoms with Gasteiger partial charge in [0, 0.05) is 23.8 Å². The van der Waals surface area contributed by atoms with Gasteiger partial charge in [0.2, 0.25) is 0 Å². The SMILES string of the molecule is Cc1cc(OCC(=O)NC(Cc2ncc[nH]2)c2ccccc2)ccc1Cl. The van der Waals surface area contributed by atoms with Crippen LogP contribution in [0.25, 0.3) is 0 Å². The average molecular weight is 370 g/mol. The number of halogens is 1. The number of aromatic amines is 1. The number of nitrogens with one attached hydrogen (secondary N) is 2. The van der Waals surface area contributed by atoms with Crippen molar-refractivity contribution >= 4 is 17.5 Å². The Morgan fingerprint density at radius 1 is 1.27 bits per heavy atom. The van der Waals surface area contributed by atoms with Crippen LogP contribution < -0.4 is 10.1 Å². The van der Waals surface area contributed by atoms with Crippen molar-refractivity contribution < 1.29 is 9.53 Å². The van der Waals surface area contributed by atoms with Crippen molar-refractivity contribution in [2.45, 2.75) is 19.4 Å². The van der Waals surface area contributed by atoms with Crippen molar-refractivity contribution in [1.29, 1.82) is 0 Å². The Hall–Kier alpha value is -2.79. The first kappa shape index (κ1) is 18.0. The molecular formula is C20H20ClN3O2. The Balaban J connectivity index is 1.64. The van der Waals surface area contributed by atoms with Crippen LogP contribution in [0.2, 0.25) is 5.02 Å². The van der Waals surface area contributed by atoms with Crippen LogP contribution in [0.3, 0.4) is 0 Å². The summed E-state index contributed by atoms with van der Waals surface area (Å²) in [5, 5.41) is 3.69. The standard InChI is InChI=1S/C20H20ClN3O2/c1-14-11-16(7-8-17(14)21)26-13-20(25)24-18(12-19-22-9-10-23-19)15-5-3-2-4-6-15/h2-11,18H,12-13H2,1H3,(H,22,23)(H,24,25). The molecule has 2 N–H and O–H groups in total. The van der Waals surface area contributed by atoms with Gasteiger partial charge in [-0.25, -0.2) is 4.98 Å². The summed E-state index contributed by atoms with van der Waals surface area (Å²) in [6.45, 7) is 1.83. The van der Waals surface area contributed by atoms with Gasteiger partial charge in [-0.1, -0.05) is 41.9 Å². The molecule has 0 aliphatic rings. The highest BCUT2D eigenvalue weighted by Gasteiger charge is 2.16. The summed E-state index contributed by atoms with van der Waals surface area (Å²) in [7, 11) is 0. The zero-order valence-electron chi connectivity index (χ0n) is 14.4. The number of hydrogen-bond acceptors (Lipinski definition) is 3. The molecule has 3 aromatic rings. The lowest BCUT2D eigenvalue weighted by atomic mass is 10.0. The smallest absolute Gasteiger partial charge is 0.258 e. The van der Waals surface area contributed by atoms with Crippen LogP contribution in [0.5, 0.6) is 5.75 Å². The van der Waals surface area contributed by atoms with E-state index < -0.39 is 0 Å². The van der Waals surface area contributed by atoms with Gasteiger partial charge in [-0.2, -0.15) is 0 Å². The number of nitrogens with zero attached hydrogens (tertiary/aromatic N) is 1. The highest BCUT2D eigenvalue weighted by molar-refractivity contribution is 6.31. The Morgan fingerprint density at radius 2 is 2.08 bits per heavy atom. The molecule has 134 valence electrons. The molecule has 5 nitrogen and oxygen atoms in total. The third-order valence-electron chi connectivity index (χ3n) is 3.99. The van der Waals surface area contributed by atoms with Crippen LogP contribution in [0, 0.1) is 6.92 Å². The summed E-state index contributed by atoms with van der Waals surface area (Å²) in [5.41, 5.74) is 1.92. The van der Waals surface area contributed by atoms with Gasteiger partial charge in [0.25, 0.3) is 5.91 Å². The van der Waals surface area contributed by atoms with Crippen LogP contribution in [-0.2, 0) is 11.2 Å². The second-order valence-electron chi connectivity index (χ2n) is 5.97. The minimum atomic E-state index is -0.196. The van der Waals surface area contributed by atoms with E-state index in [1.54, 1.807) is 24.5 Å². The van der Waals surface area contributed by atoms with Gasteiger partial charge in [-0.15, -0.1) is 0 Å². The van der Waals surface area contributed by atoms with Crippen LogP contribution in [0.15, 0.2) is 60.9 Å². The fourth-order valence-electron chi connectivity index (χ4n) is 2.63. The molecule has 6 heteroatoms. The molecule has 26 heavy (non-hydrogen) atoms. The van der Waals surface area contributed by atoms with Gasteiger partial charge >= 0.3 is 0 Å². The first-order chi connectivity index (χ1) is 12.6. The molecule has 3 rings (SSSR count). The number of rotatable bonds is 7. The maximum Gasteiger partial charge on any atom is 0.258 e. The summed E-state index contributed by atoms with van der Waals surface area (Å²) >= 11 is 6.00. The van der Waals surface area contributed by atoms with Gasteiger partial charge in [0.1, 0.15) is 11.6 Å². The molecule has 0 aliphatic heterocycles. The lowest BCUT2D eigenvalue weighted by molar-refractivity contribution is -0.123. The van der Waals surface area contributed by atoms with Crippen molar-refractivity contribution in [1.82, 2.24) is 15.3 Å². The Labute approximate surface area is 157 Å². The molecule has 0 aliphatic carbocycles. The number of ether oxygens (including phenoxy) is 1. The number of imidazole rings is 1. The predicted molar refractivity (Wildman–Crippen MR) is 101 cm³/mol. The number of carbonyl (C=O) groups is 1. The third kappa shape index (κ3) is 4.86. The van der Waals surface area contributed by atoms with Crippen LogP contribution in [0.4, 0.5) is 0 Å². The van der Waals surface area contributed by atoms with Gasteiger partial charge in [-0.3, -0.25) is 4.79 Å². The zero-order chi connectivity index (χ0) is 18.4. The van der Waals surface area contributed by atoms with Crippen LogP contribution >= 0.6 is 11.6 Å². The molecule has 0 radical (unpaired) electrons.